The number of rotatable bonds is 4. The quantitative estimate of drug-likeness (QED) is 0.130. The maximum atomic E-state index is 10.4. The highest BCUT2D eigenvalue weighted by Gasteiger charge is 2.53. The van der Waals surface area contributed by atoms with Crippen molar-refractivity contribution in [1.29, 1.82) is 21.0 Å². The van der Waals surface area contributed by atoms with Gasteiger partial charge in [0.05, 0.1) is 68.9 Å². The van der Waals surface area contributed by atoms with Crippen molar-refractivity contribution in [3.63, 3.8) is 0 Å². The Morgan fingerprint density at radius 1 is 0.375 bits per heavy atom. The maximum absolute atomic E-state index is 10.4. The number of benzene rings is 6. The first kappa shape index (κ1) is 37.0. The lowest BCUT2D eigenvalue weighted by molar-refractivity contribution is 0.00578. The molecule has 0 aliphatic carbocycles. The molecule has 6 aromatic rings. The molecule has 272 valence electrons. The molecule has 0 amide bonds. The van der Waals surface area contributed by atoms with Crippen LogP contribution in [0.2, 0.25) is 0 Å². The molecule has 0 radical (unpaired) electrons. The van der Waals surface area contributed by atoms with Gasteiger partial charge in [-0.1, -0.05) is 36.4 Å². The van der Waals surface area contributed by atoms with Gasteiger partial charge >= 0.3 is 14.2 Å². The maximum Gasteiger partial charge on any atom is 0.494 e. The van der Waals surface area contributed by atoms with E-state index in [1.165, 1.54) is 0 Å². The van der Waals surface area contributed by atoms with Gasteiger partial charge in [-0.05, 0) is 158 Å². The molecule has 56 heavy (non-hydrogen) atoms. The zero-order chi connectivity index (χ0) is 39.9. The summed E-state index contributed by atoms with van der Waals surface area (Å²) < 4.78 is 25.9. The summed E-state index contributed by atoms with van der Waals surface area (Å²) in [4.78, 5) is 0. The van der Waals surface area contributed by atoms with E-state index in [1.54, 1.807) is 36.4 Å². The normalized spacial score (nSPS) is 17.8. The molecule has 2 aliphatic rings. The summed E-state index contributed by atoms with van der Waals surface area (Å²) in [7, 11) is -1.28. The van der Waals surface area contributed by atoms with Gasteiger partial charge < -0.3 is 18.6 Å². The third-order valence-corrected chi connectivity index (χ3v) is 12.3. The fourth-order valence-electron chi connectivity index (χ4n) is 7.65. The third kappa shape index (κ3) is 5.74. The lowest BCUT2D eigenvalue weighted by atomic mass is 9.75. The monoisotopic (exact) mass is 732 g/mol. The van der Waals surface area contributed by atoms with Gasteiger partial charge in [0.25, 0.3) is 0 Å². The Morgan fingerprint density at radius 3 is 1.05 bits per heavy atom. The van der Waals surface area contributed by atoms with Crippen LogP contribution in [0.4, 0.5) is 0 Å². The van der Waals surface area contributed by atoms with Crippen molar-refractivity contribution < 1.29 is 18.6 Å². The molecule has 0 unspecified atom stereocenters. The van der Waals surface area contributed by atoms with Crippen LogP contribution in [0.15, 0.2) is 84.9 Å². The predicted octanol–water partition coefficient (Wildman–Crippen LogP) is 8.57. The zero-order valence-electron chi connectivity index (χ0n) is 32.7. The van der Waals surface area contributed by atoms with Crippen molar-refractivity contribution in [2.75, 3.05) is 0 Å². The van der Waals surface area contributed by atoms with Crippen molar-refractivity contribution in [2.24, 2.45) is 0 Å². The average Bonchev–Trinajstić information content (AvgIpc) is 3.55. The molecular weight excluding hydrogens is 694 g/mol. The zero-order valence-corrected chi connectivity index (χ0v) is 32.7. The third-order valence-electron chi connectivity index (χ3n) is 12.3. The molecule has 0 N–H and O–H groups in total. The van der Waals surface area contributed by atoms with E-state index in [9.17, 15) is 21.0 Å². The van der Waals surface area contributed by atoms with Gasteiger partial charge in [-0.25, -0.2) is 0 Å². The SMILES string of the molecule is CC1(C)OB(c2ccc3c(c2)c(-c2cc(C#N)ccc2C#N)cc2c4ccc(B5OC(C)(C)C(C)(C)O5)cc4c(-c4cc(C#N)ccc4C#N)cc32)OC1(C)C. The topological polar surface area (TPSA) is 132 Å². The van der Waals surface area contributed by atoms with Crippen molar-refractivity contribution in [3.8, 4) is 46.5 Å². The van der Waals surface area contributed by atoms with Crippen molar-refractivity contribution >= 4 is 57.5 Å². The first-order chi connectivity index (χ1) is 26.5. The van der Waals surface area contributed by atoms with Gasteiger partial charge in [0, 0.05) is 11.1 Å². The van der Waals surface area contributed by atoms with Gasteiger partial charge in [-0.2, -0.15) is 21.0 Å². The van der Waals surface area contributed by atoms with E-state index in [-0.39, 0.29) is 0 Å². The Morgan fingerprint density at radius 2 is 0.732 bits per heavy atom. The molecule has 0 saturated carbocycles. The first-order valence-corrected chi connectivity index (χ1v) is 18.6. The minimum atomic E-state index is -0.638. The molecule has 0 atom stereocenters. The number of hydrogen-bond donors (Lipinski definition) is 0. The minimum absolute atomic E-state index is 0.432. The molecule has 8 nitrogen and oxygen atoms in total. The highest BCUT2D eigenvalue weighted by Crippen LogP contribution is 2.44. The summed E-state index contributed by atoms with van der Waals surface area (Å²) in [6.07, 6.45) is 0. The summed E-state index contributed by atoms with van der Waals surface area (Å²) in [5, 5.41) is 45.9. The van der Waals surface area contributed by atoms with E-state index in [4.69, 9.17) is 18.6 Å². The van der Waals surface area contributed by atoms with Crippen molar-refractivity contribution in [2.45, 2.75) is 77.8 Å². The molecule has 2 aliphatic heterocycles. The molecule has 0 spiro atoms. The molecule has 0 bridgehead atoms. The second kappa shape index (κ2) is 12.8. The second-order valence-corrected chi connectivity index (χ2v) is 16.7. The summed E-state index contributed by atoms with van der Waals surface area (Å²) in [5.74, 6) is 0. The second-order valence-electron chi connectivity index (χ2n) is 16.7. The van der Waals surface area contributed by atoms with Crippen molar-refractivity contribution in [3.05, 3.63) is 107 Å². The first-order valence-electron chi connectivity index (χ1n) is 18.6. The van der Waals surface area contributed by atoms with Gasteiger partial charge in [-0.15, -0.1) is 0 Å². The van der Waals surface area contributed by atoms with Crippen molar-refractivity contribution in [1.82, 2.24) is 0 Å². The molecule has 8 rings (SSSR count). The van der Waals surface area contributed by atoms with Crippen LogP contribution in [0.1, 0.15) is 77.6 Å². The van der Waals surface area contributed by atoms with E-state index in [0.29, 0.717) is 33.4 Å². The van der Waals surface area contributed by atoms with Gasteiger partial charge in [0.2, 0.25) is 0 Å². The van der Waals surface area contributed by atoms with E-state index in [0.717, 1.165) is 54.4 Å². The molecule has 2 saturated heterocycles. The fourth-order valence-corrected chi connectivity index (χ4v) is 7.65. The fraction of sp³-hybridized carbons (Fsp3) is 0.261. The standard InChI is InChI=1S/C46H38B2N4O4/c1-43(2)44(3,4)54-47(53-43)31-13-15-33-37(19-31)41(35-17-27(23-49)9-11-29(35)25-51)21-40-34-16-14-32(48-55-45(5,6)46(7,8)56-48)20-38(34)42(22-39(33)40)36-18-28(24-50)10-12-30(36)26-52/h9-22H,1-8H3. The average molecular weight is 732 g/mol. The number of fused-ring (bicyclic) bond motifs is 5. The largest absolute Gasteiger partial charge is 0.494 e. The molecule has 0 aromatic heterocycles. The predicted molar refractivity (Wildman–Crippen MR) is 220 cm³/mol. The Hall–Kier alpha value is -5.97. The van der Waals surface area contributed by atoms with Gasteiger partial charge in [-0.3, -0.25) is 0 Å². The van der Waals surface area contributed by atoms with Gasteiger partial charge in [0.15, 0.2) is 0 Å². The molecule has 10 heteroatoms. The summed E-state index contributed by atoms with van der Waals surface area (Å²) in [5.41, 5.74) is 3.92. The number of nitriles is 4. The highest BCUT2D eigenvalue weighted by molar-refractivity contribution is 6.63. The van der Waals surface area contributed by atoms with Crippen LogP contribution in [0.25, 0.3) is 54.6 Å². The van der Waals surface area contributed by atoms with Crippen LogP contribution >= 0.6 is 0 Å². The smallest absolute Gasteiger partial charge is 0.399 e. The number of hydrogen-bond acceptors (Lipinski definition) is 8. The Kier molecular flexibility index (Phi) is 8.45. The Labute approximate surface area is 327 Å². The van der Waals surface area contributed by atoms with Crippen LogP contribution in [-0.2, 0) is 18.6 Å². The molecular formula is C46H38B2N4O4. The van der Waals surface area contributed by atoms with E-state index < -0.39 is 36.6 Å². The summed E-state index contributed by atoms with van der Waals surface area (Å²) in [6, 6.07) is 35.8. The van der Waals surface area contributed by atoms with Crippen LogP contribution in [0, 0.1) is 45.3 Å². The lowest BCUT2D eigenvalue weighted by Gasteiger charge is -2.32. The molecule has 2 heterocycles. The van der Waals surface area contributed by atoms with Crippen LogP contribution < -0.4 is 10.9 Å². The molecule has 6 aromatic carbocycles. The summed E-state index contributed by atoms with van der Waals surface area (Å²) in [6.45, 7) is 16.1. The van der Waals surface area contributed by atoms with Crippen LogP contribution in [0.3, 0.4) is 0 Å². The Balaban J connectivity index is 1.48. The van der Waals surface area contributed by atoms with Crippen LogP contribution in [-0.4, -0.2) is 36.6 Å². The van der Waals surface area contributed by atoms with Gasteiger partial charge in [0.1, 0.15) is 0 Å². The molecule has 2 fully saturated rings. The van der Waals surface area contributed by atoms with E-state index in [2.05, 4.69) is 48.5 Å². The highest BCUT2D eigenvalue weighted by atomic mass is 16.7. The number of nitrogens with zero attached hydrogens (tertiary/aromatic N) is 4. The Bertz CT molecular complexity index is 2630. The van der Waals surface area contributed by atoms with Crippen LogP contribution in [0.5, 0.6) is 0 Å². The minimum Gasteiger partial charge on any atom is -0.399 e. The lowest BCUT2D eigenvalue weighted by Crippen LogP contribution is -2.41. The van der Waals surface area contributed by atoms with E-state index in [1.807, 2.05) is 79.7 Å². The summed E-state index contributed by atoms with van der Waals surface area (Å²) >= 11 is 0. The van der Waals surface area contributed by atoms with E-state index >= 15 is 0 Å².